The summed E-state index contributed by atoms with van der Waals surface area (Å²) >= 11 is 1.59. The zero-order valence-electron chi connectivity index (χ0n) is 9.51. The van der Waals surface area contributed by atoms with Gasteiger partial charge in [-0.2, -0.15) is 0 Å². The Morgan fingerprint density at radius 1 is 1.38 bits per heavy atom. The fourth-order valence-electron chi connectivity index (χ4n) is 1.15. The molecule has 1 aromatic rings. The molecule has 3 nitrogen and oxygen atoms in total. The normalized spacial score (nSPS) is 14.4. The van der Waals surface area contributed by atoms with Gasteiger partial charge in [0.15, 0.2) is 0 Å². The zero-order chi connectivity index (χ0) is 12.1. The minimum atomic E-state index is -0.441. The van der Waals surface area contributed by atoms with Crippen LogP contribution in [0.3, 0.4) is 0 Å². The molecular weight excluding hydrogens is 222 g/mol. The van der Waals surface area contributed by atoms with Crippen molar-refractivity contribution < 1.29 is 9.90 Å². The van der Waals surface area contributed by atoms with E-state index in [1.54, 1.807) is 18.7 Å². The van der Waals surface area contributed by atoms with Crippen molar-refractivity contribution >= 4 is 17.7 Å². The molecule has 0 aromatic heterocycles. The maximum atomic E-state index is 10.8. The number of primary amides is 1. The molecule has 0 saturated carbocycles. The van der Waals surface area contributed by atoms with E-state index in [-0.39, 0.29) is 11.8 Å². The second-order valence-electron chi connectivity index (χ2n) is 3.86. The molecule has 0 fully saturated rings. The molecule has 2 unspecified atom stereocenters. The number of rotatable bonds is 5. The number of benzene rings is 1. The van der Waals surface area contributed by atoms with Crippen LogP contribution >= 0.6 is 11.8 Å². The first-order chi connectivity index (χ1) is 7.50. The second-order valence-corrected chi connectivity index (χ2v) is 4.95. The van der Waals surface area contributed by atoms with E-state index in [2.05, 4.69) is 0 Å². The van der Waals surface area contributed by atoms with Crippen LogP contribution in [-0.4, -0.2) is 16.8 Å². The minimum absolute atomic E-state index is 0.124. The molecule has 0 aliphatic rings. The second kappa shape index (κ2) is 5.92. The SMILES string of the molecule is CC(CSc1ccc(C(C)O)cc1)C(N)=O. The van der Waals surface area contributed by atoms with Crippen LogP contribution in [0, 0.1) is 5.92 Å². The first-order valence-electron chi connectivity index (χ1n) is 5.21. The molecule has 4 heteroatoms. The highest BCUT2D eigenvalue weighted by Gasteiger charge is 2.09. The lowest BCUT2D eigenvalue weighted by Gasteiger charge is -2.08. The number of aliphatic hydroxyl groups excluding tert-OH is 1. The third-order valence-electron chi connectivity index (χ3n) is 2.35. The monoisotopic (exact) mass is 239 g/mol. The molecule has 1 amide bonds. The van der Waals surface area contributed by atoms with Crippen LogP contribution in [-0.2, 0) is 4.79 Å². The van der Waals surface area contributed by atoms with Crippen molar-refractivity contribution in [2.24, 2.45) is 11.7 Å². The third kappa shape index (κ3) is 3.87. The van der Waals surface area contributed by atoms with Gasteiger partial charge in [-0.1, -0.05) is 19.1 Å². The maximum Gasteiger partial charge on any atom is 0.221 e. The summed E-state index contributed by atoms with van der Waals surface area (Å²) in [6, 6.07) is 7.67. The molecule has 0 saturated heterocycles. The molecular formula is C12H17NO2S. The summed E-state index contributed by atoms with van der Waals surface area (Å²) in [5, 5.41) is 9.34. The summed E-state index contributed by atoms with van der Waals surface area (Å²) in [5.41, 5.74) is 6.07. The Labute approximate surface area is 100 Å². The molecule has 1 aromatic carbocycles. The predicted octanol–water partition coefficient (Wildman–Crippen LogP) is 1.95. The third-order valence-corrected chi connectivity index (χ3v) is 3.62. The van der Waals surface area contributed by atoms with Crippen molar-refractivity contribution in [3.63, 3.8) is 0 Å². The smallest absolute Gasteiger partial charge is 0.221 e. The van der Waals surface area contributed by atoms with E-state index in [0.717, 1.165) is 10.5 Å². The standard InChI is InChI=1S/C12H17NO2S/c1-8(12(13)15)7-16-11-5-3-10(4-6-11)9(2)14/h3-6,8-9,14H,7H2,1-2H3,(H2,13,15). The number of hydrogen-bond acceptors (Lipinski definition) is 3. The zero-order valence-corrected chi connectivity index (χ0v) is 10.3. The number of amides is 1. The van der Waals surface area contributed by atoms with Crippen LogP contribution in [0.25, 0.3) is 0 Å². The van der Waals surface area contributed by atoms with Crippen LogP contribution in [0.15, 0.2) is 29.2 Å². The lowest BCUT2D eigenvalue weighted by Crippen LogP contribution is -2.22. The molecule has 1 rings (SSSR count). The Morgan fingerprint density at radius 3 is 2.38 bits per heavy atom. The Kier molecular flexibility index (Phi) is 4.83. The van der Waals surface area contributed by atoms with Gasteiger partial charge >= 0.3 is 0 Å². The molecule has 0 spiro atoms. The van der Waals surface area contributed by atoms with Gasteiger partial charge in [0.25, 0.3) is 0 Å². The Bertz CT molecular complexity index is 349. The molecule has 0 bridgehead atoms. The lowest BCUT2D eigenvalue weighted by molar-refractivity contribution is -0.120. The van der Waals surface area contributed by atoms with Gasteiger partial charge in [-0.05, 0) is 24.6 Å². The van der Waals surface area contributed by atoms with Crippen LogP contribution < -0.4 is 5.73 Å². The van der Waals surface area contributed by atoms with Crippen molar-refractivity contribution in [1.82, 2.24) is 0 Å². The number of carbonyl (C=O) groups excluding carboxylic acids is 1. The van der Waals surface area contributed by atoms with Crippen molar-refractivity contribution in [3.8, 4) is 0 Å². The summed E-state index contributed by atoms with van der Waals surface area (Å²) in [6.45, 7) is 3.55. The number of aliphatic hydroxyl groups is 1. The average Bonchev–Trinajstić information content (AvgIpc) is 2.26. The van der Waals surface area contributed by atoms with E-state index in [1.807, 2.05) is 31.2 Å². The summed E-state index contributed by atoms with van der Waals surface area (Å²) < 4.78 is 0. The van der Waals surface area contributed by atoms with Crippen LogP contribution in [0.2, 0.25) is 0 Å². The first kappa shape index (κ1) is 13.1. The van der Waals surface area contributed by atoms with Gasteiger partial charge in [0.2, 0.25) is 5.91 Å². The average molecular weight is 239 g/mol. The fourth-order valence-corrected chi connectivity index (χ4v) is 2.08. The predicted molar refractivity (Wildman–Crippen MR) is 66.2 cm³/mol. The van der Waals surface area contributed by atoms with E-state index in [0.29, 0.717) is 5.75 Å². The largest absolute Gasteiger partial charge is 0.389 e. The van der Waals surface area contributed by atoms with Gasteiger partial charge in [-0.3, -0.25) is 4.79 Å². The summed E-state index contributed by atoms with van der Waals surface area (Å²) in [6.07, 6.45) is -0.441. The summed E-state index contributed by atoms with van der Waals surface area (Å²) in [7, 11) is 0. The Balaban J connectivity index is 2.52. The van der Waals surface area contributed by atoms with E-state index in [4.69, 9.17) is 5.73 Å². The van der Waals surface area contributed by atoms with Gasteiger partial charge in [-0.15, -0.1) is 11.8 Å². The molecule has 0 heterocycles. The van der Waals surface area contributed by atoms with Crippen LogP contribution in [0.4, 0.5) is 0 Å². The number of hydrogen-bond donors (Lipinski definition) is 2. The lowest BCUT2D eigenvalue weighted by atomic mass is 10.1. The highest BCUT2D eigenvalue weighted by Crippen LogP contribution is 2.22. The van der Waals surface area contributed by atoms with Gasteiger partial charge in [0, 0.05) is 16.6 Å². The topological polar surface area (TPSA) is 63.3 Å². The van der Waals surface area contributed by atoms with Gasteiger partial charge < -0.3 is 10.8 Å². The summed E-state index contributed by atoms with van der Waals surface area (Å²) in [5.74, 6) is 0.290. The molecule has 0 aliphatic heterocycles. The quantitative estimate of drug-likeness (QED) is 0.772. The minimum Gasteiger partial charge on any atom is -0.389 e. The molecule has 2 atom stereocenters. The van der Waals surface area contributed by atoms with Gasteiger partial charge in [0.05, 0.1) is 6.10 Å². The molecule has 88 valence electrons. The van der Waals surface area contributed by atoms with Crippen LogP contribution in [0.5, 0.6) is 0 Å². The Hall–Kier alpha value is -1.00. The fraction of sp³-hybridized carbons (Fsp3) is 0.417. The van der Waals surface area contributed by atoms with Gasteiger partial charge in [-0.25, -0.2) is 0 Å². The van der Waals surface area contributed by atoms with Gasteiger partial charge in [0.1, 0.15) is 0 Å². The van der Waals surface area contributed by atoms with E-state index in [1.165, 1.54) is 0 Å². The van der Waals surface area contributed by atoms with Crippen LogP contribution in [0.1, 0.15) is 25.5 Å². The maximum absolute atomic E-state index is 10.8. The molecule has 0 aliphatic carbocycles. The Morgan fingerprint density at radius 2 is 1.94 bits per heavy atom. The highest BCUT2D eigenvalue weighted by atomic mass is 32.2. The van der Waals surface area contributed by atoms with Crippen molar-refractivity contribution in [3.05, 3.63) is 29.8 Å². The highest BCUT2D eigenvalue weighted by molar-refractivity contribution is 7.99. The number of carbonyl (C=O) groups is 1. The van der Waals surface area contributed by atoms with Crippen molar-refractivity contribution in [1.29, 1.82) is 0 Å². The van der Waals surface area contributed by atoms with Crippen molar-refractivity contribution in [2.75, 3.05) is 5.75 Å². The number of thioether (sulfide) groups is 1. The summed E-state index contributed by atoms with van der Waals surface area (Å²) in [4.78, 5) is 11.9. The first-order valence-corrected chi connectivity index (χ1v) is 6.19. The van der Waals surface area contributed by atoms with E-state index in [9.17, 15) is 9.90 Å². The molecule has 16 heavy (non-hydrogen) atoms. The molecule has 0 radical (unpaired) electrons. The van der Waals surface area contributed by atoms with E-state index < -0.39 is 6.10 Å². The molecule has 3 N–H and O–H groups in total. The van der Waals surface area contributed by atoms with E-state index >= 15 is 0 Å². The number of nitrogens with two attached hydrogens (primary N) is 1. The van der Waals surface area contributed by atoms with Crippen molar-refractivity contribution in [2.45, 2.75) is 24.8 Å².